The summed E-state index contributed by atoms with van der Waals surface area (Å²) >= 11 is 0. The molecule has 0 spiro atoms. The second-order valence-corrected chi connectivity index (χ2v) is 7.24. The van der Waals surface area contributed by atoms with Crippen LogP contribution in [-0.4, -0.2) is 26.4 Å². The van der Waals surface area contributed by atoms with Crippen LogP contribution in [0.25, 0.3) is 17.2 Å². The third kappa shape index (κ3) is 7.31. The van der Waals surface area contributed by atoms with Crippen LogP contribution in [0.1, 0.15) is 81.9 Å². The number of carboxylic acids is 1. The number of carbonyl (C=O) groups is 1. The fourth-order valence-electron chi connectivity index (χ4n) is 3.29. The Kier molecular flexibility index (Phi) is 9.49. The fraction of sp³-hybridized carbons (Fsp3) is 0.478. The second-order valence-electron chi connectivity index (χ2n) is 7.24. The minimum Gasteiger partial charge on any atom is -0.481 e. The van der Waals surface area contributed by atoms with E-state index in [0.29, 0.717) is 12.8 Å². The lowest BCUT2D eigenvalue weighted by Gasteiger charge is -2.15. The monoisotopic (exact) mass is 384 g/mol. The average Bonchev–Trinajstić information content (AvgIpc) is 3.21. The summed E-state index contributed by atoms with van der Waals surface area (Å²) in [6.07, 6.45) is 15.5. The van der Waals surface area contributed by atoms with Gasteiger partial charge in [-0.2, -0.15) is 5.10 Å². The molecule has 0 amide bonds. The number of unbranched alkanes of at least 4 members (excludes halogenated alkanes) is 5. The largest absolute Gasteiger partial charge is 0.481 e. The van der Waals surface area contributed by atoms with Crippen molar-refractivity contribution in [1.29, 1.82) is 0 Å². The summed E-state index contributed by atoms with van der Waals surface area (Å²) in [6, 6.07) is 5.98. The lowest BCUT2D eigenvalue weighted by molar-refractivity contribution is -0.137. The molecule has 0 bridgehead atoms. The highest BCUT2D eigenvalue weighted by molar-refractivity contribution is 5.68. The Morgan fingerprint density at radius 1 is 1.18 bits per heavy atom. The summed E-state index contributed by atoms with van der Waals surface area (Å²) < 4.78 is 0. The maximum Gasteiger partial charge on any atom is 0.303 e. The number of hydrogen-bond donors (Lipinski definition) is 3. The fourth-order valence-corrected chi connectivity index (χ4v) is 3.29. The number of aromatic nitrogens is 2. The number of H-pyrrole nitrogens is 1. The first-order valence-corrected chi connectivity index (χ1v) is 10.3. The van der Waals surface area contributed by atoms with Gasteiger partial charge in [0.05, 0.1) is 12.3 Å². The van der Waals surface area contributed by atoms with Crippen molar-refractivity contribution in [3.8, 4) is 11.1 Å². The summed E-state index contributed by atoms with van der Waals surface area (Å²) in [7, 11) is 0. The minimum atomic E-state index is -0.828. The number of allylic oxidation sites excluding steroid dienone is 1. The SMILES string of the molecule is CCCCCCC/C=C/c1cc(-c2cn[nH]c2)ccc1C(O)CCCC(=O)O. The van der Waals surface area contributed by atoms with Crippen molar-refractivity contribution in [1.82, 2.24) is 10.2 Å². The van der Waals surface area contributed by atoms with Gasteiger partial charge in [-0.05, 0) is 48.4 Å². The highest BCUT2D eigenvalue weighted by Gasteiger charge is 2.13. The summed E-state index contributed by atoms with van der Waals surface area (Å²) in [5.41, 5.74) is 3.87. The number of aliphatic carboxylic acids is 1. The van der Waals surface area contributed by atoms with E-state index in [2.05, 4.69) is 35.3 Å². The van der Waals surface area contributed by atoms with Crippen molar-refractivity contribution in [3.63, 3.8) is 0 Å². The Labute approximate surface area is 167 Å². The van der Waals surface area contributed by atoms with Gasteiger partial charge in [-0.1, -0.05) is 56.9 Å². The van der Waals surface area contributed by atoms with E-state index < -0.39 is 12.1 Å². The molecule has 2 aromatic rings. The molecule has 5 heteroatoms. The molecular weight excluding hydrogens is 352 g/mol. The van der Waals surface area contributed by atoms with Crippen molar-refractivity contribution in [2.24, 2.45) is 0 Å². The van der Waals surface area contributed by atoms with Gasteiger partial charge in [-0.25, -0.2) is 0 Å². The van der Waals surface area contributed by atoms with Gasteiger partial charge < -0.3 is 10.2 Å². The second kappa shape index (κ2) is 12.1. The predicted molar refractivity (Wildman–Crippen MR) is 113 cm³/mol. The topological polar surface area (TPSA) is 86.2 Å². The molecule has 1 heterocycles. The molecule has 3 N–H and O–H groups in total. The maximum atomic E-state index is 10.7. The number of aliphatic hydroxyl groups is 1. The number of carboxylic acid groups (broad SMARTS) is 1. The van der Waals surface area contributed by atoms with Gasteiger partial charge in [-0.3, -0.25) is 9.89 Å². The van der Waals surface area contributed by atoms with Crippen LogP contribution < -0.4 is 0 Å². The molecule has 0 radical (unpaired) electrons. The Morgan fingerprint density at radius 3 is 2.71 bits per heavy atom. The highest BCUT2D eigenvalue weighted by atomic mass is 16.4. The standard InChI is InChI=1S/C23H32N2O3/c1-2-3-4-5-6-7-8-10-19-15-18(20-16-24-25-17-20)13-14-21(19)22(26)11-9-12-23(27)28/h8,10,13-17,22,26H,2-7,9,11-12H2,1H3,(H,24,25)(H,27,28)/b10-8+. The molecule has 1 aromatic carbocycles. The average molecular weight is 385 g/mol. The van der Waals surface area contributed by atoms with Crippen LogP contribution in [0.15, 0.2) is 36.7 Å². The molecule has 0 aliphatic carbocycles. The van der Waals surface area contributed by atoms with Gasteiger partial charge in [0, 0.05) is 18.2 Å². The zero-order chi connectivity index (χ0) is 20.2. The quantitative estimate of drug-likeness (QED) is 0.384. The summed E-state index contributed by atoms with van der Waals surface area (Å²) in [5.74, 6) is -0.828. The zero-order valence-corrected chi connectivity index (χ0v) is 16.7. The molecular formula is C23H32N2O3. The number of aromatic amines is 1. The molecule has 1 unspecified atom stereocenters. The Morgan fingerprint density at radius 2 is 2.00 bits per heavy atom. The zero-order valence-electron chi connectivity index (χ0n) is 16.7. The number of nitrogens with one attached hydrogen (secondary N) is 1. The molecule has 1 aromatic heterocycles. The van der Waals surface area contributed by atoms with Crippen LogP contribution in [0.2, 0.25) is 0 Å². The van der Waals surface area contributed by atoms with Crippen molar-refractivity contribution in [3.05, 3.63) is 47.8 Å². The minimum absolute atomic E-state index is 0.0765. The van der Waals surface area contributed by atoms with E-state index in [1.165, 1.54) is 32.1 Å². The number of hydrogen-bond acceptors (Lipinski definition) is 3. The van der Waals surface area contributed by atoms with Crippen LogP contribution in [0, 0.1) is 0 Å². The molecule has 0 fully saturated rings. The molecule has 2 rings (SSSR count). The Balaban J connectivity index is 2.08. The molecule has 5 nitrogen and oxygen atoms in total. The lowest BCUT2D eigenvalue weighted by atomic mass is 9.94. The molecule has 0 aliphatic rings. The first-order chi connectivity index (χ1) is 13.6. The first kappa shape index (κ1) is 21.9. The Hall–Kier alpha value is -2.40. The van der Waals surface area contributed by atoms with E-state index in [4.69, 9.17) is 5.11 Å². The maximum absolute atomic E-state index is 10.7. The molecule has 0 aliphatic heterocycles. The van der Waals surface area contributed by atoms with E-state index in [1.807, 2.05) is 18.3 Å². The van der Waals surface area contributed by atoms with E-state index >= 15 is 0 Å². The van der Waals surface area contributed by atoms with E-state index in [1.54, 1.807) is 6.20 Å². The van der Waals surface area contributed by atoms with Crippen molar-refractivity contribution < 1.29 is 15.0 Å². The number of nitrogens with zero attached hydrogens (tertiary/aromatic N) is 1. The van der Waals surface area contributed by atoms with Crippen LogP contribution in [0.5, 0.6) is 0 Å². The van der Waals surface area contributed by atoms with Crippen LogP contribution in [0.4, 0.5) is 0 Å². The molecule has 0 saturated heterocycles. The van der Waals surface area contributed by atoms with E-state index in [9.17, 15) is 9.90 Å². The molecule has 152 valence electrons. The highest BCUT2D eigenvalue weighted by Crippen LogP contribution is 2.29. The lowest BCUT2D eigenvalue weighted by Crippen LogP contribution is -2.02. The van der Waals surface area contributed by atoms with Gasteiger partial charge in [0.2, 0.25) is 0 Å². The van der Waals surface area contributed by atoms with E-state index in [0.717, 1.165) is 28.7 Å². The number of rotatable bonds is 13. The van der Waals surface area contributed by atoms with Crippen molar-refractivity contribution in [2.75, 3.05) is 0 Å². The van der Waals surface area contributed by atoms with Gasteiger partial charge in [0.25, 0.3) is 0 Å². The molecule has 28 heavy (non-hydrogen) atoms. The third-order valence-electron chi connectivity index (χ3n) is 4.92. The Bertz CT molecular complexity index is 738. The molecule has 0 saturated carbocycles. The van der Waals surface area contributed by atoms with E-state index in [-0.39, 0.29) is 6.42 Å². The van der Waals surface area contributed by atoms with Crippen molar-refractivity contribution in [2.45, 2.75) is 70.8 Å². The number of benzene rings is 1. The summed E-state index contributed by atoms with van der Waals surface area (Å²) in [6.45, 7) is 2.22. The summed E-state index contributed by atoms with van der Waals surface area (Å²) in [4.78, 5) is 10.7. The van der Waals surface area contributed by atoms with Gasteiger partial charge in [-0.15, -0.1) is 0 Å². The summed E-state index contributed by atoms with van der Waals surface area (Å²) in [5, 5.41) is 26.2. The van der Waals surface area contributed by atoms with Crippen LogP contribution in [-0.2, 0) is 4.79 Å². The predicted octanol–water partition coefficient (Wildman–Crippen LogP) is 5.74. The van der Waals surface area contributed by atoms with Crippen LogP contribution >= 0.6 is 0 Å². The van der Waals surface area contributed by atoms with Gasteiger partial charge in [0.1, 0.15) is 0 Å². The third-order valence-corrected chi connectivity index (χ3v) is 4.92. The van der Waals surface area contributed by atoms with Gasteiger partial charge in [0.15, 0.2) is 0 Å². The van der Waals surface area contributed by atoms with Crippen LogP contribution in [0.3, 0.4) is 0 Å². The normalized spacial score (nSPS) is 12.5. The first-order valence-electron chi connectivity index (χ1n) is 10.3. The number of aliphatic hydroxyl groups excluding tert-OH is 1. The smallest absolute Gasteiger partial charge is 0.303 e. The molecule has 1 atom stereocenters. The van der Waals surface area contributed by atoms with Crippen molar-refractivity contribution >= 4 is 12.0 Å². The van der Waals surface area contributed by atoms with Gasteiger partial charge >= 0.3 is 5.97 Å².